The number of nitrogens with zero attached hydrogens (tertiary/aromatic N) is 3. The first kappa shape index (κ1) is 21.8. The van der Waals surface area contributed by atoms with E-state index < -0.39 is 0 Å². The van der Waals surface area contributed by atoms with Gasteiger partial charge in [-0.25, -0.2) is 4.68 Å². The number of allylic oxidation sites excluding steroid dienone is 2. The molecule has 1 atom stereocenters. The second-order valence-corrected chi connectivity index (χ2v) is 10.6. The van der Waals surface area contributed by atoms with Crippen LogP contribution in [0, 0.1) is 12.3 Å². The number of aromatic nitrogens is 2. The lowest BCUT2D eigenvalue weighted by Gasteiger charge is -2.38. The van der Waals surface area contributed by atoms with Gasteiger partial charge in [0.05, 0.1) is 11.4 Å². The Labute approximate surface area is 200 Å². The molecule has 0 saturated carbocycles. The fourth-order valence-corrected chi connectivity index (χ4v) is 5.35. The molecule has 3 aromatic rings. The molecule has 5 rings (SSSR count). The fourth-order valence-electron chi connectivity index (χ4n) is 5.17. The largest absolute Gasteiger partial charge is 0.378 e. The lowest BCUT2D eigenvalue weighted by atomic mass is 9.69. The number of benzene rings is 2. The Kier molecular flexibility index (Phi) is 5.13. The zero-order valence-electron chi connectivity index (χ0n) is 19.7. The van der Waals surface area contributed by atoms with Crippen LogP contribution < -0.4 is 10.2 Å². The van der Waals surface area contributed by atoms with Crippen molar-refractivity contribution in [2.45, 2.75) is 39.5 Å². The van der Waals surface area contributed by atoms with Crippen LogP contribution in [0.25, 0.3) is 5.69 Å². The van der Waals surface area contributed by atoms with E-state index in [0.717, 1.165) is 51.7 Å². The summed E-state index contributed by atoms with van der Waals surface area (Å²) < 4.78 is 1.92. The van der Waals surface area contributed by atoms with Crippen molar-refractivity contribution in [2.24, 2.45) is 5.41 Å². The van der Waals surface area contributed by atoms with Crippen molar-refractivity contribution in [3.8, 4) is 5.69 Å². The highest BCUT2D eigenvalue weighted by molar-refractivity contribution is 6.30. The number of ketones is 1. The van der Waals surface area contributed by atoms with Crippen LogP contribution in [0.4, 0.5) is 11.5 Å². The molecule has 1 aliphatic carbocycles. The number of carbonyl (C=O) groups is 1. The van der Waals surface area contributed by atoms with E-state index in [9.17, 15) is 4.79 Å². The number of Topliss-reactive ketones (excluding diaryl/α,β-unsaturated/α-hetero) is 1. The van der Waals surface area contributed by atoms with Crippen molar-refractivity contribution in [3.63, 3.8) is 0 Å². The summed E-state index contributed by atoms with van der Waals surface area (Å²) in [6.07, 6.45) is 1.37. The van der Waals surface area contributed by atoms with Crippen LogP contribution in [-0.2, 0) is 4.79 Å². The van der Waals surface area contributed by atoms with Crippen LogP contribution in [0.1, 0.15) is 49.4 Å². The average molecular weight is 461 g/mol. The molecule has 0 saturated heterocycles. The van der Waals surface area contributed by atoms with E-state index in [-0.39, 0.29) is 17.1 Å². The van der Waals surface area contributed by atoms with Gasteiger partial charge in [-0.2, -0.15) is 5.10 Å². The third-order valence-electron chi connectivity index (χ3n) is 6.67. The maximum atomic E-state index is 13.5. The van der Waals surface area contributed by atoms with E-state index in [4.69, 9.17) is 16.7 Å². The smallest absolute Gasteiger partial charge is 0.162 e. The van der Waals surface area contributed by atoms with Crippen molar-refractivity contribution < 1.29 is 4.79 Å². The van der Waals surface area contributed by atoms with Crippen molar-refractivity contribution in [1.82, 2.24) is 9.78 Å². The predicted octanol–water partition coefficient (Wildman–Crippen LogP) is 6.10. The van der Waals surface area contributed by atoms with Crippen LogP contribution in [0.3, 0.4) is 0 Å². The van der Waals surface area contributed by atoms with E-state index in [1.807, 2.05) is 50.0 Å². The van der Waals surface area contributed by atoms with Crippen molar-refractivity contribution in [2.75, 3.05) is 24.3 Å². The highest BCUT2D eigenvalue weighted by Gasteiger charge is 2.43. The lowest BCUT2D eigenvalue weighted by molar-refractivity contribution is -0.118. The second-order valence-electron chi connectivity index (χ2n) is 10.1. The lowest BCUT2D eigenvalue weighted by Crippen LogP contribution is -2.34. The number of hydrogen-bond acceptors (Lipinski definition) is 4. The summed E-state index contributed by atoms with van der Waals surface area (Å²) in [5.41, 5.74) is 6.90. The standard InChI is InChI=1S/C27H29ClN4O/c1-16-23-24(17-9-11-19(12-10-17)31(4)5)25-21(14-27(2,3)15-22(25)33)29-26(23)32(30-16)20-8-6-7-18(28)13-20/h6-13,24,29H,14-15H2,1-5H3. The van der Waals surface area contributed by atoms with Gasteiger partial charge in [0.25, 0.3) is 0 Å². The van der Waals surface area contributed by atoms with Gasteiger partial charge in [-0.15, -0.1) is 0 Å². The number of hydrogen-bond donors (Lipinski definition) is 1. The molecule has 2 aliphatic rings. The number of fused-ring (bicyclic) bond motifs is 1. The number of anilines is 2. The number of aryl methyl sites for hydroxylation is 1. The Balaban J connectivity index is 1.73. The zero-order valence-corrected chi connectivity index (χ0v) is 20.5. The number of carbonyl (C=O) groups excluding carboxylic acids is 1. The highest BCUT2D eigenvalue weighted by atomic mass is 35.5. The first-order chi connectivity index (χ1) is 15.6. The molecule has 6 heteroatoms. The molecular weight excluding hydrogens is 432 g/mol. The van der Waals surface area contributed by atoms with Gasteiger partial charge in [-0.1, -0.05) is 43.6 Å². The quantitative estimate of drug-likeness (QED) is 0.513. The molecule has 2 aromatic carbocycles. The molecule has 0 radical (unpaired) electrons. The number of rotatable bonds is 3. The fraction of sp³-hybridized carbons (Fsp3) is 0.333. The first-order valence-electron chi connectivity index (χ1n) is 11.3. The molecule has 1 aliphatic heterocycles. The van der Waals surface area contributed by atoms with E-state index in [0.29, 0.717) is 11.4 Å². The molecule has 1 unspecified atom stereocenters. The minimum atomic E-state index is -0.149. The summed E-state index contributed by atoms with van der Waals surface area (Å²) in [6, 6.07) is 16.2. The van der Waals surface area contributed by atoms with Crippen LogP contribution in [-0.4, -0.2) is 29.7 Å². The van der Waals surface area contributed by atoms with Crippen molar-refractivity contribution >= 4 is 28.9 Å². The minimum absolute atomic E-state index is 0.0876. The topological polar surface area (TPSA) is 50.2 Å². The monoisotopic (exact) mass is 460 g/mol. The van der Waals surface area contributed by atoms with E-state index in [1.54, 1.807) is 0 Å². The number of halogens is 1. The van der Waals surface area contributed by atoms with Gasteiger partial charge in [-0.05, 0) is 54.7 Å². The Morgan fingerprint density at radius 3 is 2.52 bits per heavy atom. The molecule has 1 N–H and O–H groups in total. The molecule has 0 fully saturated rings. The maximum Gasteiger partial charge on any atom is 0.162 e. The average Bonchev–Trinajstić information content (AvgIpc) is 3.07. The van der Waals surface area contributed by atoms with Crippen molar-refractivity contribution in [3.05, 3.63) is 81.6 Å². The molecule has 170 valence electrons. The van der Waals surface area contributed by atoms with Gasteiger partial charge in [0.15, 0.2) is 5.78 Å². The molecule has 0 spiro atoms. The molecule has 1 aromatic heterocycles. The Bertz CT molecular complexity index is 1280. The minimum Gasteiger partial charge on any atom is -0.378 e. The normalized spacial score (nSPS) is 19.1. The second kappa shape index (κ2) is 7.77. The molecule has 33 heavy (non-hydrogen) atoms. The van der Waals surface area contributed by atoms with Crippen LogP contribution in [0.15, 0.2) is 59.8 Å². The third kappa shape index (κ3) is 3.74. The van der Waals surface area contributed by atoms with E-state index in [1.165, 1.54) is 0 Å². The zero-order chi connectivity index (χ0) is 23.5. The van der Waals surface area contributed by atoms with Gasteiger partial charge in [0.1, 0.15) is 5.82 Å². The van der Waals surface area contributed by atoms with Crippen LogP contribution >= 0.6 is 11.6 Å². The first-order valence-corrected chi connectivity index (χ1v) is 11.7. The Hall–Kier alpha value is -3.05. The summed E-state index contributed by atoms with van der Waals surface area (Å²) in [5, 5.41) is 9.19. The van der Waals surface area contributed by atoms with E-state index >= 15 is 0 Å². The molecule has 5 nitrogen and oxygen atoms in total. The summed E-state index contributed by atoms with van der Waals surface area (Å²) >= 11 is 6.30. The van der Waals surface area contributed by atoms with Crippen molar-refractivity contribution in [1.29, 1.82) is 0 Å². The number of nitrogens with one attached hydrogen (secondary N) is 1. The SMILES string of the molecule is Cc1nn(-c2cccc(Cl)c2)c2c1C(c1ccc(N(C)C)cc1)C1=C(CC(C)(C)CC1=O)N2. The Morgan fingerprint density at radius 2 is 1.85 bits per heavy atom. The van der Waals surface area contributed by atoms with Gasteiger partial charge < -0.3 is 10.2 Å². The molecular formula is C27H29ClN4O. The van der Waals surface area contributed by atoms with Gasteiger partial charge in [-0.3, -0.25) is 4.79 Å². The predicted molar refractivity (Wildman–Crippen MR) is 135 cm³/mol. The summed E-state index contributed by atoms with van der Waals surface area (Å²) in [4.78, 5) is 15.6. The third-order valence-corrected chi connectivity index (χ3v) is 6.90. The summed E-state index contributed by atoms with van der Waals surface area (Å²) in [5.74, 6) is 0.987. The maximum absolute atomic E-state index is 13.5. The molecule has 2 heterocycles. The van der Waals surface area contributed by atoms with Gasteiger partial charge in [0, 0.05) is 54.0 Å². The molecule has 0 amide bonds. The van der Waals surface area contributed by atoms with Crippen LogP contribution in [0.5, 0.6) is 0 Å². The van der Waals surface area contributed by atoms with Gasteiger partial charge in [0.2, 0.25) is 0 Å². The highest BCUT2D eigenvalue weighted by Crippen LogP contribution is 2.50. The molecule has 0 bridgehead atoms. The Morgan fingerprint density at radius 1 is 1.12 bits per heavy atom. The summed E-state index contributed by atoms with van der Waals surface area (Å²) in [6.45, 7) is 6.34. The van der Waals surface area contributed by atoms with Gasteiger partial charge >= 0.3 is 0 Å². The summed E-state index contributed by atoms with van der Waals surface area (Å²) in [7, 11) is 4.06. The van der Waals surface area contributed by atoms with Crippen LogP contribution in [0.2, 0.25) is 5.02 Å². The van der Waals surface area contributed by atoms with E-state index in [2.05, 4.69) is 48.3 Å².